The monoisotopic (exact) mass is 593 g/mol. The van der Waals surface area contributed by atoms with Gasteiger partial charge in [-0.05, 0) is 31.7 Å². The van der Waals surface area contributed by atoms with Crippen LogP contribution in [0.4, 0.5) is 0 Å². The molecule has 7 heteroatoms. The van der Waals surface area contributed by atoms with Gasteiger partial charge >= 0.3 is 21.1 Å². The molecular formula is C24H22N4O2Pt. The van der Waals surface area contributed by atoms with E-state index in [0.29, 0.717) is 17.4 Å². The number of benzene rings is 1. The number of hydrogen-bond acceptors (Lipinski definition) is 5. The predicted octanol–water partition coefficient (Wildman–Crippen LogP) is 4.27. The van der Waals surface area contributed by atoms with Crippen LogP contribution in [-0.4, -0.2) is 34.0 Å². The third-order valence-electron chi connectivity index (χ3n) is 4.98. The van der Waals surface area contributed by atoms with Crippen LogP contribution in [0.5, 0.6) is 11.8 Å². The summed E-state index contributed by atoms with van der Waals surface area (Å²) in [6.07, 6.45) is 1.87. The standard InChI is InChI=1S/C24H22N4O2.Pt/c1-24(2,20-12-8-11-18(25-20)17-9-6-5-7-10-17)21-15-16-28(27-21)19-13-14-22(29-3)26-23(19)30-4;/h5-9,11-12,14-16H,1-4H3;/q-2;+2. The predicted molar refractivity (Wildman–Crippen MR) is 114 cm³/mol. The van der Waals surface area contributed by atoms with E-state index < -0.39 is 5.41 Å². The molecule has 31 heavy (non-hydrogen) atoms. The van der Waals surface area contributed by atoms with Gasteiger partial charge in [-0.3, -0.25) is 4.68 Å². The smallest absolute Gasteiger partial charge is 0.538 e. The molecule has 0 bridgehead atoms. The second-order valence-electron chi connectivity index (χ2n) is 7.26. The van der Waals surface area contributed by atoms with Crippen molar-refractivity contribution in [1.82, 2.24) is 19.7 Å². The molecule has 0 aliphatic rings. The molecule has 0 unspecified atom stereocenters. The van der Waals surface area contributed by atoms with Crippen molar-refractivity contribution < 1.29 is 30.5 Å². The zero-order valence-electron chi connectivity index (χ0n) is 17.7. The molecule has 0 spiro atoms. The van der Waals surface area contributed by atoms with Crippen LogP contribution in [-0.2, 0) is 26.5 Å². The topological polar surface area (TPSA) is 62.1 Å². The number of rotatable bonds is 6. The average Bonchev–Trinajstić information content (AvgIpc) is 3.30. The summed E-state index contributed by atoms with van der Waals surface area (Å²) in [5, 5.41) is 4.77. The van der Waals surface area contributed by atoms with Gasteiger partial charge in [0, 0.05) is 17.6 Å². The first kappa shape index (κ1) is 22.7. The van der Waals surface area contributed by atoms with E-state index in [0.717, 1.165) is 22.6 Å². The summed E-state index contributed by atoms with van der Waals surface area (Å²) in [6, 6.07) is 23.9. The molecule has 4 rings (SSSR count). The second kappa shape index (κ2) is 9.44. The molecule has 0 aliphatic carbocycles. The van der Waals surface area contributed by atoms with E-state index in [9.17, 15) is 0 Å². The van der Waals surface area contributed by atoms with Crippen LogP contribution in [0.1, 0.15) is 25.2 Å². The molecule has 3 heterocycles. The maximum atomic E-state index is 5.39. The molecule has 0 saturated heterocycles. The number of hydrogen-bond donors (Lipinski definition) is 0. The van der Waals surface area contributed by atoms with Gasteiger partial charge in [-0.25, -0.2) is 0 Å². The van der Waals surface area contributed by atoms with Crippen molar-refractivity contribution in [3.63, 3.8) is 0 Å². The van der Waals surface area contributed by atoms with Crippen LogP contribution < -0.4 is 9.47 Å². The van der Waals surface area contributed by atoms with Crippen LogP contribution in [0.25, 0.3) is 16.9 Å². The van der Waals surface area contributed by atoms with Gasteiger partial charge in [0.15, 0.2) is 0 Å². The number of pyridine rings is 2. The summed E-state index contributed by atoms with van der Waals surface area (Å²) >= 11 is 0. The molecule has 0 radical (unpaired) electrons. The Bertz CT molecular complexity index is 1160. The van der Waals surface area contributed by atoms with Gasteiger partial charge in [-0.15, -0.1) is 48.0 Å². The number of methoxy groups -OCH3 is 2. The summed E-state index contributed by atoms with van der Waals surface area (Å²) in [7, 11) is 3.11. The maximum absolute atomic E-state index is 5.39. The fourth-order valence-corrected chi connectivity index (χ4v) is 3.19. The Labute approximate surface area is 196 Å². The third kappa shape index (κ3) is 4.54. The fraction of sp³-hybridized carbons (Fsp3) is 0.208. The fourth-order valence-electron chi connectivity index (χ4n) is 3.19. The van der Waals surface area contributed by atoms with Gasteiger partial charge in [0.1, 0.15) is 5.88 Å². The third-order valence-corrected chi connectivity index (χ3v) is 4.98. The van der Waals surface area contributed by atoms with Gasteiger partial charge in [0.05, 0.1) is 31.2 Å². The minimum atomic E-state index is -0.414. The molecular weight excluding hydrogens is 571 g/mol. The molecule has 0 aliphatic heterocycles. The quantitative estimate of drug-likeness (QED) is 0.313. The van der Waals surface area contributed by atoms with E-state index in [1.165, 1.54) is 0 Å². The first-order valence-electron chi connectivity index (χ1n) is 9.55. The van der Waals surface area contributed by atoms with Crippen molar-refractivity contribution in [3.8, 4) is 28.7 Å². The van der Waals surface area contributed by atoms with Crippen molar-refractivity contribution in [3.05, 3.63) is 84.3 Å². The van der Waals surface area contributed by atoms with E-state index in [1.807, 2.05) is 54.7 Å². The first-order chi connectivity index (χ1) is 14.5. The van der Waals surface area contributed by atoms with Gasteiger partial charge in [0.25, 0.3) is 0 Å². The summed E-state index contributed by atoms with van der Waals surface area (Å²) < 4.78 is 12.2. The normalized spacial score (nSPS) is 11.0. The van der Waals surface area contributed by atoms with Gasteiger partial charge in [-0.1, -0.05) is 12.1 Å². The zero-order valence-corrected chi connectivity index (χ0v) is 20.0. The Morgan fingerprint density at radius 1 is 0.903 bits per heavy atom. The summed E-state index contributed by atoms with van der Waals surface area (Å²) in [4.78, 5) is 9.20. The summed E-state index contributed by atoms with van der Waals surface area (Å²) in [5.74, 6) is 0.823. The van der Waals surface area contributed by atoms with Crippen LogP contribution in [0.15, 0.2) is 60.8 Å². The molecule has 6 nitrogen and oxygen atoms in total. The Hall–Kier alpha value is -2.98. The Balaban J connectivity index is 0.00000272. The van der Waals surface area contributed by atoms with Crippen LogP contribution in [0.3, 0.4) is 0 Å². The maximum Gasteiger partial charge on any atom is 2.00 e. The molecule has 160 valence electrons. The van der Waals surface area contributed by atoms with Crippen LogP contribution in [0.2, 0.25) is 0 Å². The molecule has 0 amide bonds. The molecule has 1 aromatic carbocycles. The first-order valence-corrected chi connectivity index (χ1v) is 9.55. The van der Waals surface area contributed by atoms with Crippen LogP contribution >= 0.6 is 0 Å². The van der Waals surface area contributed by atoms with Gasteiger partial charge < -0.3 is 19.4 Å². The van der Waals surface area contributed by atoms with Crippen molar-refractivity contribution >= 4 is 0 Å². The average molecular weight is 594 g/mol. The largest absolute Gasteiger partial charge is 2.00 e. The van der Waals surface area contributed by atoms with E-state index in [1.54, 1.807) is 25.0 Å². The molecule has 4 aromatic rings. The van der Waals surface area contributed by atoms with Crippen molar-refractivity contribution in [2.75, 3.05) is 14.2 Å². The molecule has 3 aromatic heterocycles. The number of aromatic nitrogens is 4. The SMILES string of the molecule is COc1c[c-]c(-n2ccc(C(C)(C)c3cccc(-c4[c-]cccc4)n3)n2)c(OC)n1.[Pt+2]. The molecule has 0 saturated carbocycles. The molecule has 0 N–H and O–H groups in total. The van der Waals surface area contributed by atoms with E-state index in [4.69, 9.17) is 19.6 Å². The minimum Gasteiger partial charge on any atom is -0.538 e. The minimum absolute atomic E-state index is 0. The van der Waals surface area contributed by atoms with Crippen LogP contribution in [0, 0.1) is 12.1 Å². The van der Waals surface area contributed by atoms with E-state index in [-0.39, 0.29) is 21.1 Å². The number of ether oxygens (including phenoxy) is 2. The second-order valence-corrected chi connectivity index (χ2v) is 7.26. The molecule has 0 fully saturated rings. The Kier molecular flexibility index (Phi) is 6.91. The number of nitrogens with zero attached hydrogens (tertiary/aromatic N) is 4. The summed E-state index contributed by atoms with van der Waals surface area (Å²) in [5.41, 5.74) is 3.84. The van der Waals surface area contributed by atoms with E-state index >= 15 is 0 Å². The summed E-state index contributed by atoms with van der Waals surface area (Å²) in [6.45, 7) is 4.21. The van der Waals surface area contributed by atoms with Crippen molar-refractivity contribution in [2.24, 2.45) is 0 Å². The van der Waals surface area contributed by atoms with Crippen molar-refractivity contribution in [1.29, 1.82) is 0 Å². The van der Waals surface area contributed by atoms with Gasteiger partial charge in [-0.2, -0.15) is 5.10 Å². The van der Waals surface area contributed by atoms with E-state index in [2.05, 4.69) is 31.0 Å². The van der Waals surface area contributed by atoms with Crippen molar-refractivity contribution in [2.45, 2.75) is 19.3 Å². The Morgan fingerprint density at radius 2 is 1.74 bits per heavy atom. The van der Waals surface area contributed by atoms with Gasteiger partial charge in [0.2, 0.25) is 0 Å². The molecule has 0 atom stereocenters. The zero-order chi connectivity index (χ0) is 21.1. The Morgan fingerprint density at radius 3 is 2.45 bits per heavy atom.